The van der Waals surface area contributed by atoms with E-state index in [-0.39, 0.29) is 5.91 Å². The molecule has 0 aromatic heterocycles. The smallest absolute Gasteiger partial charge is 0.239 e. The maximum Gasteiger partial charge on any atom is 0.239 e. The van der Waals surface area contributed by atoms with Crippen LogP contribution in [-0.2, 0) is 11.2 Å². The van der Waals surface area contributed by atoms with E-state index in [1.807, 2.05) is 18.2 Å². The number of ether oxygens (including phenoxy) is 1. The van der Waals surface area contributed by atoms with E-state index in [1.54, 1.807) is 21.2 Å². The third-order valence-corrected chi connectivity index (χ3v) is 3.05. The molecule has 1 rings (SSSR count). The molecule has 0 aliphatic heterocycles. The number of amides is 1. The first-order chi connectivity index (χ1) is 7.95. The zero-order valence-corrected chi connectivity index (χ0v) is 11.8. The van der Waals surface area contributed by atoms with Crippen LogP contribution in [0.25, 0.3) is 0 Å². The van der Waals surface area contributed by atoms with Gasteiger partial charge in [-0.05, 0) is 40.0 Å². The molecule has 2 N–H and O–H groups in total. The van der Waals surface area contributed by atoms with Crippen LogP contribution in [-0.4, -0.2) is 38.1 Å². The standard InChI is InChI=1S/C12H17BrN2O2/c1-15(2)12(16)10(14)7-8-4-5-11(17-3)9(13)6-8/h4-6,10H,7,14H2,1-3H3. The summed E-state index contributed by atoms with van der Waals surface area (Å²) in [5.74, 6) is 0.693. The first-order valence-electron chi connectivity index (χ1n) is 5.25. The summed E-state index contributed by atoms with van der Waals surface area (Å²) in [6, 6.07) is 5.17. The second kappa shape index (κ2) is 6.02. The fourth-order valence-corrected chi connectivity index (χ4v) is 2.10. The van der Waals surface area contributed by atoms with Gasteiger partial charge in [-0.15, -0.1) is 0 Å². The predicted octanol–water partition coefficient (Wildman–Crippen LogP) is 1.42. The van der Waals surface area contributed by atoms with Gasteiger partial charge in [-0.3, -0.25) is 4.79 Å². The number of rotatable bonds is 4. The molecule has 1 amide bonds. The van der Waals surface area contributed by atoms with Crippen LogP contribution in [0.5, 0.6) is 5.75 Å². The van der Waals surface area contributed by atoms with Gasteiger partial charge in [0.05, 0.1) is 17.6 Å². The van der Waals surface area contributed by atoms with Crippen LogP contribution in [0, 0.1) is 0 Å². The van der Waals surface area contributed by atoms with Crippen molar-refractivity contribution in [3.63, 3.8) is 0 Å². The fourth-order valence-electron chi connectivity index (χ4n) is 1.51. The average molecular weight is 301 g/mol. The molecule has 0 aliphatic carbocycles. The van der Waals surface area contributed by atoms with Gasteiger partial charge in [-0.1, -0.05) is 6.07 Å². The van der Waals surface area contributed by atoms with Crippen molar-refractivity contribution in [2.24, 2.45) is 5.73 Å². The lowest BCUT2D eigenvalue weighted by molar-refractivity contribution is -0.130. The van der Waals surface area contributed by atoms with E-state index >= 15 is 0 Å². The first kappa shape index (κ1) is 14.0. The number of halogens is 1. The summed E-state index contributed by atoms with van der Waals surface area (Å²) in [5, 5.41) is 0. The molecule has 0 bridgehead atoms. The van der Waals surface area contributed by atoms with Gasteiger partial charge in [-0.25, -0.2) is 0 Å². The van der Waals surface area contributed by atoms with Crippen molar-refractivity contribution in [3.8, 4) is 5.75 Å². The number of methoxy groups -OCH3 is 1. The fraction of sp³-hybridized carbons (Fsp3) is 0.417. The summed E-state index contributed by atoms with van der Waals surface area (Å²) in [5.41, 5.74) is 6.83. The zero-order valence-electron chi connectivity index (χ0n) is 10.2. The van der Waals surface area contributed by atoms with Crippen molar-refractivity contribution >= 4 is 21.8 Å². The molecule has 4 nitrogen and oxygen atoms in total. The maximum absolute atomic E-state index is 11.6. The molecule has 94 valence electrons. The van der Waals surface area contributed by atoms with E-state index < -0.39 is 6.04 Å². The molecule has 1 atom stereocenters. The Morgan fingerprint density at radius 1 is 1.53 bits per heavy atom. The highest BCUT2D eigenvalue weighted by Crippen LogP contribution is 2.25. The first-order valence-corrected chi connectivity index (χ1v) is 6.04. The van der Waals surface area contributed by atoms with Gasteiger partial charge in [0, 0.05) is 14.1 Å². The second-order valence-electron chi connectivity index (χ2n) is 4.01. The molecule has 0 heterocycles. The minimum Gasteiger partial charge on any atom is -0.496 e. The van der Waals surface area contributed by atoms with Crippen molar-refractivity contribution in [2.75, 3.05) is 21.2 Å². The summed E-state index contributed by atoms with van der Waals surface area (Å²) in [6.07, 6.45) is 0.513. The van der Waals surface area contributed by atoms with Gasteiger partial charge >= 0.3 is 0 Å². The summed E-state index contributed by atoms with van der Waals surface area (Å²) in [4.78, 5) is 13.1. The number of benzene rings is 1. The van der Waals surface area contributed by atoms with E-state index in [4.69, 9.17) is 10.5 Å². The van der Waals surface area contributed by atoms with Crippen LogP contribution in [0.3, 0.4) is 0 Å². The molecular weight excluding hydrogens is 284 g/mol. The van der Waals surface area contributed by atoms with Crippen molar-refractivity contribution in [1.82, 2.24) is 4.90 Å². The van der Waals surface area contributed by atoms with Crippen LogP contribution >= 0.6 is 15.9 Å². The quantitative estimate of drug-likeness (QED) is 0.915. The van der Waals surface area contributed by atoms with E-state index in [1.165, 1.54) is 4.90 Å². The van der Waals surface area contributed by atoms with Crippen LogP contribution in [0.4, 0.5) is 0 Å². The Labute approximate surface area is 110 Å². The predicted molar refractivity (Wildman–Crippen MR) is 71.1 cm³/mol. The number of nitrogens with zero attached hydrogens (tertiary/aromatic N) is 1. The lowest BCUT2D eigenvalue weighted by atomic mass is 10.1. The third-order valence-electron chi connectivity index (χ3n) is 2.43. The molecule has 1 aromatic rings. The van der Waals surface area contributed by atoms with Crippen molar-refractivity contribution in [1.29, 1.82) is 0 Å². The molecule has 0 radical (unpaired) electrons. The molecule has 0 saturated heterocycles. The molecule has 17 heavy (non-hydrogen) atoms. The molecule has 5 heteroatoms. The Morgan fingerprint density at radius 3 is 2.65 bits per heavy atom. The Morgan fingerprint density at radius 2 is 2.18 bits per heavy atom. The Balaban J connectivity index is 2.75. The maximum atomic E-state index is 11.6. The zero-order chi connectivity index (χ0) is 13.0. The van der Waals surface area contributed by atoms with Crippen molar-refractivity contribution in [2.45, 2.75) is 12.5 Å². The number of hydrogen-bond donors (Lipinski definition) is 1. The van der Waals surface area contributed by atoms with Gasteiger partial charge in [0.1, 0.15) is 5.75 Å². The molecule has 0 saturated carbocycles. The molecule has 1 unspecified atom stereocenters. The number of likely N-dealkylation sites (N-methyl/N-ethyl adjacent to an activating group) is 1. The summed E-state index contributed by atoms with van der Waals surface area (Å²) >= 11 is 3.40. The highest BCUT2D eigenvalue weighted by molar-refractivity contribution is 9.10. The third kappa shape index (κ3) is 3.71. The van der Waals surface area contributed by atoms with Crippen LogP contribution in [0.15, 0.2) is 22.7 Å². The SMILES string of the molecule is COc1ccc(CC(N)C(=O)N(C)C)cc1Br. The number of carbonyl (C=O) groups is 1. The molecule has 1 aromatic carbocycles. The van der Waals surface area contributed by atoms with Crippen LogP contribution in [0.2, 0.25) is 0 Å². The minimum atomic E-state index is -0.509. The highest BCUT2D eigenvalue weighted by atomic mass is 79.9. The largest absolute Gasteiger partial charge is 0.496 e. The number of nitrogens with two attached hydrogens (primary N) is 1. The lowest BCUT2D eigenvalue weighted by Crippen LogP contribution is -2.41. The lowest BCUT2D eigenvalue weighted by Gasteiger charge is -2.17. The summed E-state index contributed by atoms with van der Waals surface area (Å²) in [6.45, 7) is 0. The highest BCUT2D eigenvalue weighted by Gasteiger charge is 2.16. The van der Waals surface area contributed by atoms with Gasteiger partial charge in [0.2, 0.25) is 5.91 Å². The summed E-state index contributed by atoms with van der Waals surface area (Å²) < 4.78 is 6.00. The van der Waals surface area contributed by atoms with Gasteiger partial charge in [0.15, 0.2) is 0 Å². The Hall–Kier alpha value is -1.07. The average Bonchev–Trinajstić information content (AvgIpc) is 2.28. The van der Waals surface area contributed by atoms with E-state index in [2.05, 4.69) is 15.9 Å². The monoisotopic (exact) mass is 300 g/mol. The van der Waals surface area contributed by atoms with E-state index in [0.29, 0.717) is 6.42 Å². The van der Waals surface area contributed by atoms with Gasteiger partial charge < -0.3 is 15.4 Å². The van der Waals surface area contributed by atoms with Gasteiger partial charge in [-0.2, -0.15) is 0 Å². The normalized spacial score (nSPS) is 12.1. The van der Waals surface area contributed by atoms with E-state index in [0.717, 1.165) is 15.8 Å². The number of hydrogen-bond acceptors (Lipinski definition) is 3. The molecular formula is C12H17BrN2O2. The molecule has 0 aliphatic rings. The number of carbonyl (C=O) groups excluding carboxylic acids is 1. The van der Waals surface area contributed by atoms with E-state index in [9.17, 15) is 4.79 Å². The van der Waals surface area contributed by atoms with Crippen molar-refractivity contribution < 1.29 is 9.53 Å². The molecule has 0 spiro atoms. The minimum absolute atomic E-state index is 0.0723. The van der Waals surface area contributed by atoms with Crippen LogP contribution in [0.1, 0.15) is 5.56 Å². The Kier molecular flexibility index (Phi) is 4.96. The Bertz CT molecular complexity index is 407. The van der Waals surface area contributed by atoms with Crippen molar-refractivity contribution in [3.05, 3.63) is 28.2 Å². The summed E-state index contributed by atoms with van der Waals surface area (Å²) in [7, 11) is 5.01. The second-order valence-corrected chi connectivity index (χ2v) is 4.87. The van der Waals surface area contributed by atoms with Gasteiger partial charge in [0.25, 0.3) is 0 Å². The van der Waals surface area contributed by atoms with Crippen LogP contribution < -0.4 is 10.5 Å². The molecule has 0 fully saturated rings. The topological polar surface area (TPSA) is 55.6 Å².